The van der Waals surface area contributed by atoms with Crippen LogP contribution in [0.25, 0.3) is 0 Å². The van der Waals surface area contributed by atoms with E-state index in [0.29, 0.717) is 27.7 Å². The minimum absolute atomic E-state index is 0.0615. The predicted octanol–water partition coefficient (Wildman–Crippen LogP) is 10.3. The molecule has 0 spiro atoms. The monoisotopic (exact) mass is 656 g/mol. The van der Waals surface area contributed by atoms with Gasteiger partial charge >= 0.3 is 5.97 Å². The first-order chi connectivity index (χ1) is 18.9. The molecule has 1 aromatic carbocycles. The molecular formula is C37H53IO2. The molecule has 5 aliphatic carbocycles. The third-order valence-corrected chi connectivity index (χ3v) is 14.8. The van der Waals surface area contributed by atoms with Crippen LogP contribution < -0.4 is 0 Å². The van der Waals surface area contributed by atoms with Crippen molar-refractivity contribution in [3.8, 4) is 0 Å². The molecule has 6 rings (SSSR count). The SMILES string of the molecule is CC(C)C(C)C1(C)CC1C(C)C1CCC2C3=CCC4CC(OC(=O)c5ccc(I)cc5)CCC4(C)C3CCC21C. The average Bonchev–Trinajstić information content (AvgIpc) is 3.49. The molecule has 4 saturated carbocycles. The molecule has 0 aliphatic heterocycles. The van der Waals surface area contributed by atoms with E-state index in [0.717, 1.165) is 57.8 Å². The lowest BCUT2D eigenvalue weighted by atomic mass is 9.47. The maximum Gasteiger partial charge on any atom is 0.338 e. The summed E-state index contributed by atoms with van der Waals surface area (Å²) < 4.78 is 7.23. The number of halogens is 1. The van der Waals surface area contributed by atoms with Crippen LogP contribution in [-0.2, 0) is 4.74 Å². The van der Waals surface area contributed by atoms with Gasteiger partial charge in [-0.15, -0.1) is 0 Å². The highest BCUT2D eigenvalue weighted by Gasteiger charge is 2.63. The van der Waals surface area contributed by atoms with E-state index in [-0.39, 0.29) is 12.1 Å². The Hall–Kier alpha value is -0.840. The van der Waals surface area contributed by atoms with Crippen molar-refractivity contribution in [3.05, 3.63) is 45.0 Å². The van der Waals surface area contributed by atoms with Gasteiger partial charge in [-0.2, -0.15) is 0 Å². The molecule has 0 amide bonds. The molecule has 3 heteroatoms. The second kappa shape index (κ2) is 10.4. The van der Waals surface area contributed by atoms with Crippen molar-refractivity contribution in [2.75, 3.05) is 0 Å². The van der Waals surface area contributed by atoms with Crippen LogP contribution in [0.15, 0.2) is 35.9 Å². The second-order valence-electron chi connectivity index (χ2n) is 16.0. The number of esters is 1. The van der Waals surface area contributed by atoms with Gasteiger partial charge in [-0.1, -0.05) is 60.1 Å². The highest BCUT2D eigenvalue weighted by atomic mass is 127. The smallest absolute Gasteiger partial charge is 0.338 e. The molecule has 0 aromatic heterocycles. The fourth-order valence-electron chi connectivity index (χ4n) is 11.1. The van der Waals surface area contributed by atoms with E-state index >= 15 is 0 Å². The van der Waals surface area contributed by atoms with Crippen molar-refractivity contribution in [1.29, 1.82) is 0 Å². The summed E-state index contributed by atoms with van der Waals surface area (Å²) in [4.78, 5) is 12.9. The lowest BCUT2D eigenvalue weighted by Gasteiger charge is -2.58. The van der Waals surface area contributed by atoms with Crippen molar-refractivity contribution in [2.45, 2.75) is 112 Å². The van der Waals surface area contributed by atoms with E-state index in [9.17, 15) is 4.79 Å². The van der Waals surface area contributed by atoms with Crippen molar-refractivity contribution in [3.63, 3.8) is 0 Å². The normalized spacial score (nSPS) is 43.7. The molecule has 0 bridgehead atoms. The van der Waals surface area contributed by atoms with Crippen LogP contribution in [0.1, 0.15) is 117 Å². The van der Waals surface area contributed by atoms with Gasteiger partial charge in [0.2, 0.25) is 0 Å². The summed E-state index contributed by atoms with van der Waals surface area (Å²) >= 11 is 2.28. The number of hydrogen-bond donors (Lipinski definition) is 0. The number of rotatable bonds is 6. The fourth-order valence-corrected chi connectivity index (χ4v) is 11.4. The van der Waals surface area contributed by atoms with Crippen LogP contribution in [0.2, 0.25) is 0 Å². The summed E-state index contributed by atoms with van der Waals surface area (Å²) in [6.45, 7) is 17.9. The van der Waals surface area contributed by atoms with Gasteiger partial charge in [0.05, 0.1) is 5.56 Å². The number of ether oxygens (including phenoxy) is 1. The van der Waals surface area contributed by atoms with Crippen LogP contribution >= 0.6 is 22.6 Å². The Balaban J connectivity index is 1.14. The Morgan fingerprint density at radius 2 is 1.57 bits per heavy atom. The molecule has 2 nitrogen and oxygen atoms in total. The van der Waals surface area contributed by atoms with Crippen molar-refractivity contribution >= 4 is 28.6 Å². The van der Waals surface area contributed by atoms with E-state index in [4.69, 9.17) is 4.74 Å². The number of carbonyl (C=O) groups excluding carboxylic acids is 1. The van der Waals surface area contributed by atoms with Gasteiger partial charge in [0.1, 0.15) is 6.10 Å². The van der Waals surface area contributed by atoms with E-state index in [1.54, 1.807) is 0 Å². The van der Waals surface area contributed by atoms with Gasteiger partial charge in [0.25, 0.3) is 0 Å². The first-order valence-corrected chi connectivity index (χ1v) is 17.6. The number of allylic oxidation sites excluding steroid dienone is 2. The lowest BCUT2D eigenvalue weighted by Crippen LogP contribution is -2.50. The van der Waals surface area contributed by atoms with E-state index in [1.165, 1.54) is 44.9 Å². The van der Waals surface area contributed by atoms with Crippen molar-refractivity contribution in [1.82, 2.24) is 0 Å². The summed E-state index contributed by atoms with van der Waals surface area (Å²) in [5, 5.41) is 0. The largest absolute Gasteiger partial charge is 0.459 e. The molecule has 0 N–H and O–H groups in total. The summed E-state index contributed by atoms with van der Waals surface area (Å²) in [6.07, 6.45) is 14.3. The topological polar surface area (TPSA) is 26.3 Å². The van der Waals surface area contributed by atoms with Crippen LogP contribution in [0, 0.1) is 67.2 Å². The summed E-state index contributed by atoms with van der Waals surface area (Å²) in [7, 11) is 0. The number of carbonyl (C=O) groups is 1. The summed E-state index contributed by atoms with van der Waals surface area (Å²) in [5.74, 6) is 6.27. The van der Waals surface area contributed by atoms with Crippen LogP contribution in [-0.4, -0.2) is 12.1 Å². The first kappa shape index (κ1) is 29.2. The third kappa shape index (κ3) is 4.66. The molecule has 11 atom stereocenters. The fraction of sp³-hybridized carbons (Fsp3) is 0.757. The van der Waals surface area contributed by atoms with Crippen LogP contribution in [0.3, 0.4) is 0 Å². The minimum atomic E-state index is -0.147. The molecule has 220 valence electrons. The van der Waals surface area contributed by atoms with E-state index in [1.807, 2.05) is 29.8 Å². The third-order valence-electron chi connectivity index (χ3n) is 14.1. The Labute approximate surface area is 258 Å². The Kier molecular flexibility index (Phi) is 7.61. The van der Waals surface area contributed by atoms with Gasteiger partial charge in [0.15, 0.2) is 0 Å². The Morgan fingerprint density at radius 3 is 2.27 bits per heavy atom. The molecule has 40 heavy (non-hydrogen) atoms. The molecule has 5 aliphatic rings. The number of benzene rings is 1. The standard InChI is InChI=1S/C37H53IO2/c1-22(2)24(4)37(7)21-33(37)23(3)30-14-15-31-29-13-10-26-20-28(40-34(39)25-8-11-27(38)12-9-25)16-18-35(26,5)32(29)17-19-36(30,31)6/h8-9,11-13,22-24,26,28,30-33H,10,14-21H2,1-7H3. The molecule has 11 unspecified atom stereocenters. The molecular weight excluding hydrogens is 603 g/mol. The zero-order valence-corrected chi connectivity index (χ0v) is 28.3. The van der Waals surface area contributed by atoms with Gasteiger partial charge < -0.3 is 4.74 Å². The predicted molar refractivity (Wildman–Crippen MR) is 173 cm³/mol. The quantitative estimate of drug-likeness (QED) is 0.173. The van der Waals surface area contributed by atoms with Gasteiger partial charge in [-0.3, -0.25) is 0 Å². The molecule has 0 heterocycles. The van der Waals surface area contributed by atoms with E-state index < -0.39 is 0 Å². The van der Waals surface area contributed by atoms with Gasteiger partial charge in [-0.05, 0) is 168 Å². The minimum Gasteiger partial charge on any atom is -0.459 e. The van der Waals surface area contributed by atoms with Gasteiger partial charge in [0, 0.05) is 3.57 Å². The summed E-state index contributed by atoms with van der Waals surface area (Å²) in [5.41, 5.74) is 3.94. The number of fused-ring (bicyclic) bond motifs is 5. The number of hydrogen-bond acceptors (Lipinski definition) is 2. The molecule has 0 saturated heterocycles. The maximum absolute atomic E-state index is 12.9. The average molecular weight is 657 g/mol. The van der Waals surface area contributed by atoms with Crippen molar-refractivity contribution in [2.24, 2.45) is 63.6 Å². The molecule has 0 radical (unpaired) electrons. The molecule has 4 fully saturated rings. The second-order valence-corrected chi connectivity index (χ2v) is 17.2. The zero-order valence-electron chi connectivity index (χ0n) is 26.1. The van der Waals surface area contributed by atoms with Gasteiger partial charge in [-0.25, -0.2) is 4.79 Å². The Morgan fingerprint density at radius 1 is 0.900 bits per heavy atom. The van der Waals surface area contributed by atoms with Crippen LogP contribution in [0.5, 0.6) is 0 Å². The highest BCUT2D eigenvalue weighted by molar-refractivity contribution is 14.1. The van der Waals surface area contributed by atoms with Crippen molar-refractivity contribution < 1.29 is 9.53 Å². The lowest BCUT2D eigenvalue weighted by molar-refractivity contribution is -0.0529. The highest BCUT2D eigenvalue weighted by Crippen LogP contribution is 2.71. The zero-order chi connectivity index (χ0) is 28.6. The van der Waals surface area contributed by atoms with E-state index in [2.05, 4.69) is 77.1 Å². The van der Waals surface area contributed by atoms with Crippen LogP contribution in [0.4, 0.5) is 0 Å². The summed E-state index contributed by atoms with van der Waals surface area (Å²) in [6, 6.07) is 7.78. The molecule has 1 aromatic rings. The Bertz CT molecular complexity index is 1150. The first-order valence-electron chi connectivity index (χ1n) is 16.5. The maximum atomic E-state index is 12.9.